The van der Waals surface area contributed by atoms with Crippen LogP contribution < -0.4 is 11.1 Å². The molecule has 0 bridgehead atoms. The molecular formula is C9H17N3O5. The molecule has 0 heterocycles. The van der Waals surface area contributed by atoms with Gasteiger partial charge < -0.3 is 26.2 Å². The van der Waals surface area contributed by atoms with Crippen molar-refractivity contribution in [3.63, 3.8) is 0 Å². The average Bonchev–Trinajstić information content (AvgIpc) is 2.11. The number of hydrogen-bond donors (Lipinski definition) is 4. The van der Waals surface area contributed by atoms with Gasteiger partial charge in [-0.15, -0.1) is 0 Å². The summed E-state index contributed by atoms with van der Waals surface area (Å²) in [4.78, 5) is 33.3. The van der Waals surface area contributed by atoms with Crippen molar-refractivity contribution in [1.29, 1.82) is 0 Å². The Morgan fingerprint density at radius 2 is 1.94 bits per heavy atom. The number of carboxylic acids is 1. The monoisotopic (exact) mass is 247 g/mol. The van der Waals surface area contributed by atoms with Crippen molar-refractivity contribution < 1.29 is 24.6 Å². The van der Waals surface area contributed by atoms with E-state index in [1.165, 1.54) is 14.0 Å². The number of nitrogens with zero attached hydrogens (tertiary/aromatic N) is 1. The lowest BCUT2D eigenvalue weighted by atomic mass is 10.0. The number of carbonyl (C=O) groups is 3. The number of aliphatic hydroxyl groups is 1. The first-order valence-corrected chi connectivity index (χ1v) is 4.85. The van der Waals surface area contributed by atoms with Crippen molar-refractivity contribution in [2.24, 2.45) is 5.73 Å². The summed E-state index contributed by atoms with van der Waals surface area (Å²) in [5, 5.41) is 20.4. The normalized spacial score (nSPS) is 13.6. The molecule has 8 heteroatoms. The third-order valence-electron chi connectivity index (χ3n) is 1.89. The van der Waals surface area contributed by atoms with Gasteiger partial charge in [0.2, 0.25) is 5.91 Å². The minimum Gasteiger partial charge on any atom is -0.481 e. The van der Waals surface area contributed by atoms with Crippen LogP contribution in [0.15, 0.2) is 0 Å². The Labute approximate surface area is 98.4 Å². The van der Waals surface area contributed by atoms with Gasteiger partial charge in [-0.05, 0) is 6.92 Å². The Balaban J connectivity index is 4.14. The molecule has 0 fully saturated rings. The predicted molar refractivity (Wildman–Crippen MR) is 58.1 cm³/mol. The van der Waals surface area contributed by atoms with E-state index in [9.17, 15) is 19.5 Å². The van der Waals surface area contributed by atoms with Crippen LogP contribution in [0.2, 0.25) is 0 Å². The number of hydrogen-bond acceptors (Lipinski definition) is 4. The van der Waals surface area contributed by atoms with Crippen LogP contribution in [0.3, 0.4) is 0 Å². The van der Waals surface area contributed by atoms with Gasteiger partial charge in [0, 0.05) is 13.6 Å². The van der Waals surface area contributed by atoms with Crippen molar-refractivity contribution in [1.82, 2.24) is 10.2 Å². The van der Waals surface area contributed by atoms with E-state index in [0.29, 0.717) is 0 Å². The standard InChI is InChI=1S/C9H17N3O5/c1-9(17,3-7(14)15)5-11-8(16)12(2)4-6(10)13/h17H,3-5H2,1-2H3,(H2,10,13)(H,11,16)(H,14,15). The van der Waals surface area contributed by atoms with Crippen LogP contribution in [-0.4, -0.2) is 58.8 Å². The summed E-state index contributed by atoms with van der Waals surface area (Å²) in [5.74, 6) is -1.84. The molecule has 98 valence electrons. The number of carboxylic acid groups (broad SMARTS) is 1. The number of likely N-dealkylation sites (N-methyl/N-ethyl adjacent to an activating group) is 1. The number of carbonyl (C=O) groups excluding carboxylic acids is 2. The zero-order valence-electron chi connectivity index (χ0n) is 9.77. The third kappa shape index (κ3) is 7.12. The summed E-state index contributed by atoms with van der Waals surface area (Å²) in [6, 6.07) is -0.616. The zero-order valence-corrected chi connectivity index (χ0v) is 9.77. The number of urea groups is 1. The van der Waals surface area contributed by atoms with E-state index < -0.39 is 29.9 Å². The van der Waals surface area contributed by atoms with Crippen molar-refractivity contribution in [2.45, 2.75) is 18.9 Å². The fraction of sp³-hybridized carbons (Fsp3) is 0.667. The van der Waals surface area contributed by atoms with Gasteiger partial charge in [-0.25, -0.2) is 4.79 Å². The lowest BCUT2D eigenvalue weighted by Crippen LogP contribution is -2.48. The molecule has 0 aliphatic rings. The summed E-state index contributed by atoms with van der Waals surface area (Å²) in [7, 11) is 1.35. The van der Waals surface area contributed by atoms with E-state index in [2.05, 4.69) is 5.32 Å². The first-order chi connectivity index (χ1) is 7.64. The van der Waals surface area contributed by atoms with E-state index in [4.69, 9.17) is 10.8 Å². The molecule has 0 aliphatic carbocycles. The molecule has 0 aromatic heterocycles. The summed E-state index contributed by atoms with van der Waals surface area (Å²) in [6.07, 6.45) is -0.493. The highest BCUT2D eigenvalue weighted by atomic mass is 16.4. The summed E-state index contributed by atoms with van der Waals surface area (Å²) in [6.45, 7) is 0.795. The molecule has 0 saturated heterocycles. The Hall–Kier alpha value is -1.83. The van der Waals surface area contributed by atoms with Crippen LogP contribution in [0.1, 0.15) is 13.3 Å². The Kier molecular flexibility index (Phi) is 5.39. The molecule has 0 saturated carbocycles. The largest absolute Gasteiger partial charge is 0.481 e. The maximum atomic E-state index is 11.4. The molecule has 0 aromatic carbocycles. The van der Waals surface area contributed by atoms with E-state index >= 15 is 0 Å². The first kappa shape index (κ1) is 15.2. The molecule has 0 aromatic rings. The number of aliphatic carboxylic acids is 1. The van der Waals surface area contributed by atoms with E-state index in [1.54, 1.807) is 0 Å². The van der Waals surface area contributed by atoms with Gasteiger partial charge in [-0.3, -0.25) is 9.59 Å². The second-order valence-electron chi connectivity index (χ2n) is 4.05. The van der Waals surface area contributed by atoms with Gasteiger partial charge in [0.25, 0.3) is 0 Å². The summed E-state index contributed by atoms with van der Waals surface area (Å²) < 4.78 is 0. The maximum absolute atomic E-state index is 11.4. The zero-order chi connectivity index (χ0) is 13.6. The highest BCUT2D eigenvalue weighted by Gasteiger charge is 2.25. The van der Waals surface area contributed by atoms with Crippen molar-refractivity contribution in [2.75, 3.05) is 20.1 Å². The molecular weight excluding hydrogens is 230 g/mol. The second kappa shape index (κ2) is 6.04. The molecule has 0 radical (unpaired) electrons. The van der Waals surface area contributed by atoms with Gasteiger partial charge in [0.1, 0.15) is 6.54 Å². The minimum absolute atomic E-state index is 0.235. The van der Waals surface area contributed by atoms with Gasteiger partial charge >= 0.3 is 12.0 Å². The van der Waals surface area contributed by atoms with Crippen molar-refractivity contribution in [3.05, 3.63) is 0 Å². The Bertz CT molecular complexity index is 316. The highest BCUT2D eigenvalue weighted by molar-refractivity contribution is 5.82. The van der Waals surface area contributed by atoms with E-state index in [1.807, 2.05) is 0 Å². The van der Waals surface area contributed by atoms with Gasteiger partial charge in [0.15, 0.2) is 0 Å². The summed E-state index contributed by atoms with van der Waals surface area (Å²) in [5.41, 5.74) is 3.34. The number of nitrogens with one attached hydrogen (secondary N) is 1. The lowest BCUT2D eigenvalue weighted by molar-refractivity contribution is -0.141. The number of nitrogens with two attached hydrogens (primary N) is 1. The number of amides is 3. The highest BCUT2D eigenvalue weighted by Crippen LogP contribution is 2.07. The summed E-state index contributed by atoms with van der Waals surface area (Å²) >= 11 is 0. The SMILES string of the molecule is CN(CC(N)=O)C(=O)NCC(C)(O)CC(=O)O. The molecule has 1 atom stereocenters. The first-order valence-electron chi connectivity index (χ1n) is 4.85. The smallest absolute Gasteiger partial charge is 0.317 e. The predicted octanol–water partition coefficient (Wildman–Crippen LogP) is -1.66. The average molecular weight is 247 g/mol. The minimum atomic E-state index is -1.55. The second-order valence-corrected chi connectivity index (χ2v) is 4.05. The van der Waals surface area contributed by atoms with Crippen molar-refractivity contribution in [3.8, 4) is 0 Å². The van der Waals surface area contributed by atoms with Gasteiger partial charge in [0.05, 0.1) is 12.0 Å². The van der Waals surface area contributed by atoms with Crippen molar-refractivity contribution >= 4 is 17.9 Å². The lowest BCUT2D eigenvalue weighted by Gasteiger charge is -2.23. The van der Waals surface area contributed by atoms with E-state index in [0.717, 1.165) is 4.90 Å². The molecule has 1 unspecified atom stereocenters. The fourth-order valence-electron chi connectivity index (χ4n) is 1.09. The molecule has 0 spiro atoms. The topological polar surface area (TPSA) is 133 Å². The quantitative estimate of drug-likeness (QED) is 0.446. The van der Waals surface area contributed by atoms with E-state index in [-0.39, 0.29) is 13.1 Å². The molecule has 8 nitrogen and oxygen atoms in total. The number of rotatable bonds is 6. The molecule has 17 heavy (non-hydrogen) atoms. The molecule has 3 amide bonds. The van der Waals surface area contributed by atoms with Gasteiger partial charge in [-0.1, -0.05) is 0 Å². The molecule has 5 N–H and O–H groups in total. The van der Waals surface area contributed by atoms with Crippen LogP contribution >= 0.6 is 0 Å². The van der Waals surface area contributed by atoms with Crippen LogP contribution in [0.5, 0.6) is 0 Å². The van der Waals surface area contributed by atoms with Gasteiger partial charge in [-0.2, -0.15) is 0 Å². The van der Waals surface area contributed by atoms with Crippen LogP contribution in [0, 0.1) is 0 Å². The molecule has 0 aliphatic heterocycles. The Morgan fingerprint density at radius 1 is 1.41 bits per heavy atom. The Morgan fingerprint density at radius 3 is 2.35 bits per heavy atom. The van der Waals surface area contributed by atoms with Crippen LogP contribution in [-0.2, 0) is 9.59 Å². The third-order valence-corrected chi connectivity index (χ3v) is 1.89. The molecule has 0 rings (SSSR count). The van der Waals surface area contributed by atoms with Crippen LogP contribution in [0.4, 0.5) is 4.79 Å². The van der Waals surface area contributed by atoms with Crippen LogP contribution in [0.25, 0.3) is 0 Å². The number of primary amides is 1. The maximum Gasteiger partial charge on any atom is 0.317 e. The fourth-order valence-corrected chi connectivity index (χ4v) is 1.09.